The van der Waals surface area contributed by atoms with E-state index in [2.05, 4.69) is 31.2 Å². The highest BCUT2D eigenvalue weighted by molar-refractivity contribution is 7.12. The van der Waals surface area contributed by atoms with Gasteiger partial charge in [-0.25, -0.2) is 4.79 Å². The second kappa shape index (κ2) is 5.94. The van der Waals surface area contributed by atoms with Crippen molar-refractivity contribution in [2.24, 2.45) is 0 Å². The zero-order valence-electron chi connectivity index (χ0n) is 11.6. The largest absolute Gasteiger partial charge is 0.422 e. The fourth-order valence-corrected chi connectivity index (χ4v) is 2.61. The van der Waals surface area contributed by atoms with Gasteiger partial charge in [0.15, 0.2) is 0 Å². The van der Waals surface area contributed by atoms with Crippen LogP contribution in [0.5, 0.6) is 5.75 Å². The van der Waals surface area contributed by atoms with Crippen molar-refractivity contribution in [2.45, 2.75) is 6.92 Å². The molecule has 2 aromatic carbocycles. The zero-order chi connectivity index (χ0) is 14.7. The number of rotatable bonds is 3. The normalized spacial score (nSPS) is 10.3. The highest BCUT2D eigenvalue weighted by atomic mass is 32.1. The molecule has 0 aliphatic carbocycles. The van der Waals surface area contributed by atoms with Gasteiger partial charge in [-0.2, -0.15) is 0 Å². The molecule has 0 saturated heterocycles. The van der Waals surface area contributed by atoms with Crippen LogP contribution in [0.3, 0.4) is 0 Å². The van der Waals surface area contributed by atoms with Crippen LogP contribution in [0.4, 0.5) is 0 Å². The van der Waals surface area contributed by atoms with Crippen molar-refractivity contribution in [3.63, 3.8) is 0 Å². The van der Waals surface area contributed by atoms with Crippen LogP contribution in [0.25, 0.3) is 11.1 Å². The molecule has 0 aliphatic heterocycles. The second-order valence-corrected chi connectivity index (χ2v) is 5.70. The van der Waals surface area contributed by atoms with E-state index >= 15 is 0 Å². The lowest BCUT2D eigenvalue weighted by molar-refractivity contribution is 0.0740. The van der Waals surface area contributed by atoms with Crippen LogP contribution in [-0.4, -0.2) is 5.97 Å². The lowest BCUT2D eigenvalue weighted by Gasteiger charge is -2.05. The Balaban J connectivity index is 1.75. The van der Waals surface area contributed by atoms with Gasteiger partial charge in [0.2, 0.25) is 0 Å². The summed E-state index contributed by atoms with van der Waals surface area (Å²) in [5, 5.41) is 1.86. The average molecular weight is 294 g/mol. The topological polar surface area (TPSA) is 26.3 Å². The number of hydrogen-bond donors (Lipinski definition) is 0. The number of hydrogen-bond acceptors (Lipinski definition) is 3. The van der Waals surface area contributed by atoms with Gasteiger partial charge >= 0.3 is 5.97 Å². The Labute approximate surface area is 127 Å². The molecule has 3 heteroatoms. The minimum atomic E-state index is -0.312. The van der Waals surface area contributed by atoms with E-state index in [0.29, 0.717) is 10.6 Å². The molecule has 0 unspecified atom stereocenters. The lowest BCUT2D eigenvalue weighted by atomic mass is 10.0. The summed E-state index contributed by atoms with van der Waals surface area (Å²) in [6.07, 6.45) is 0. The number of aryl methyl sites for hydroxylation is 1. The molecule has 0 saturated carbocycles. The quantitative estimate of drug-likeness (QED) is 0.505. The molecule has 0 aliphatic rings. The smallest absolute Gasteiger partial charge is 0.353 e. The molecule has 0 radical (unpaired) electrons. The van der Waals surface area contributed by atoms with Crippen LogP contribution >= 0.6 is 11.3 Å². The molecule has 21 heavy (non-hydrogen) atoms. The van der Waals surface area contributed by atoms with Crippen molar-refractivity contribution >= 4 is 17.3 Å². The van der Waals surface area contributed by atoms with Crippen molar-refractivity contribution < 1.29 is 9.53 Å². The molecule has 0 atom stereocenters. The molecule has 0 N–H and O–H groups in total. The summed E-state index contributed by atoms with van der Waals surface area (Å²) in [4.78, 5) is 12.5. The average Bonchev–Trinajstić information content (AvgIpc) is 3.03. The third-order valence-electron chi connectivity index (χ3n) is 3.17. The number of ether oxygens (including phenoxy) is 1. The number of thiophene rings is 1. The van der Waals surface area contributed by atoms with Gasteiger partial charge in [-0.1, -0.05) is 48.0 Å². The fourth-order valence-electron chi connectivity index (χ4n) is 2.01. The van der Waals surface area contributed by atoms with Gasteiger partial charge in [0, 0.05) is 0 Å². The van der Waals surface area contributed by atoms with E-state index in [1.807, 2.05) is 35.7 Å². The molecule has 0 amide bonds. The van der Waals surface area contributed by atoms with E-state index in [1.54, 1.807) is 6.07 Å². The highest BCUT2D eigenvalue weighted by Crippen LogP contribution is 2.23. The Morgan fingerprint density at radius 1 is 0.905 bits per heavy atom. The first-order valence-corrected chi connectivity index (χ1v) is 7.53. The summed E-state index contributed by atoms with van der Waals surface area (Å²) >= 11 is 1.38. The highest BCUT2D eigenvalue weighted by Gasteiger charge is 2.09. The van der Waals surface area contributed by atoms with E-state index in [4.69, 9.17) is 4.74 Å². The number of carbonyl (C=O) groups is 1. The van der Waals surface area contributed by atoms with Crippen LogP contribution < -0.4 is 4.74 Å². The van der Waals surface area contributed by atoms with E-state index in [9.17, 15) is 4.79 Å². The standard InChI is InChI=1S/C18H14O2S/c1-13-4-6-14(7-5-13)15-8-10-16(11-9-15)20-18(19)17-3-2-12-21-17/h2-12H,1H3. The molecule has 1 heterocycles. The fraction of sp³-hybridized carbons (Fsp3) is 0.0556. The first-order chi connectivity index (χ1) is 10.2. The summed E-state index contributed by atoms with van der Waals surface area (Å²) in [5.41, 5.74) is 3.49. The van der Waals surface area contributed by atoms with E-state index in [0.717, 1.165) is 11.1 Å². The van der Waals surface area contributed by atoms with E-state index in [1.165, 1.54) is 16.9 Å². The van der Waals surface area contributed by atoms with Gasteiger partial charge in [-0.15, -0.1) is 11.3 Å². The Bertz CT molecular complexity index is 726. The van der Waals surface area contributed by atoms with Gasteiger partial charge in [-0.05, 0) is 41.6 Å². The van der Waals surface area contributed by atoms with E-state index in [-0.39, 0.29) is 5.97 Å². The maximum absolute atomic E-state index is 11.9. The Hall–Kier alpha value is -2.39. The van der Waals surface area contributed by atoms with Gasteiger partial charge < -0.3 is 4.74 Å². The predicted molar refractivity (Wildman–Crippen MR) is 85.9 cm³/mol. The summed E-state index contributed by atoms with van der Waals surface area (Å²) in [6, 6.07) is 19.5. The van der Waals surface area contributed by atoms with Crippen LogP contribution in [0.15, 0.2) is 66.0 Å². The van der Waals surface area contributed by atoms with E-state index < -0.39 is 0 Å². The van der Waals surface area contributed by atoms with Crippen molar-refractivity contribution in [1.29, 1.82) is 0 Å². The Kier molecular flexibility index (Phi) is 3.84. The third-order valence-corrected chi connectivity index (χ3v) is 4.02. The van der Waals surface area contributed by atoms with Gasteiger partial charge in [0.05, 0.1) is 0 Å². The third kappa shape index (κ3) is 3.20. The molecule has 2 nitrogen and oxygen atoms in total. The number of esters is 1. The molecule has 0 bridgehead atoms. The van der Waals surface area contributed by atoms with Crippen molar-refractivity contribution in [3.05, 3.63) is 76.5 Å². The van der Waals surface area contributed by atoms with Crippen molar-refractivity contribution in [2.75, 3.05) is 0 Å². The molecule has 3 aromatic rings. The Morgan fingerprint density at radius 3 is 2.10 bits per heavy atom. The summed E-state index contributed by atoms with van der Waals surface area (Å²) < 4.78 is 5.34. The summed E-state index contributed by atoms with van der Waals surface area (Å²) in [5.74, 6) is 0.248. The Morgan fingerprint density at radius 2 is 1.52 bits per heavy atom. The first-order valence-electron chi connectivity index (χ1n) is 6.65. The minimum absolute atomic E-state index is 0.312. The summed E-state index contributed by atoms with van der Waals surface area (Å²) in [6.45, 7) is 2.07. The van der Waals surface area contributed by atoms with Crippen LogP contribution in [0, 0.1) is 6.92 Å². The SMILES string of the molecule is Cc1ccc(-c2ccc(OC(=O)c3cccs3)cc2)cc1. The second-order valence-electron chi connectivity index (χ2n) is 4.76. The van der Waals surface area contributed by atoms with Crippen molar-refractivity contribution in [3.8, 4) is 16.9 Å². The molecule has 0 spiro atoms. The monoisotopic (exact) mass is 294 g/mol. The van der Waals surface area contributed by atoms with Crippen LogP contribution in [0.2, 0.25) is 0 Å². The maximum atomic E-state index is 11.9. The number of carbonyl (C=O) groups excluding carboxylic acids is 1. The van der Waals surface area contributed by atoms with Crippen molar-refractivity contribution in [1.82, 2.24) is 0 Å². The van der Waals surface area contributed by atoms with Crippen LogP contribution in [0.1, 0.15) is 15.2 Å². The molecule has 1 aromatic heterocycles. The van der Waals surface area contributed by atoms with Gasteiger partial charge in [0.25, 0.3) is 0 Å². The molecule has 3 rings (SSSR count). The molecule has 0 fully saturated rings. The molecular formula is C18H14O2S. The zero-order valence-corrected chi connectivity index (χ0v) is 12.4. The molecule has 104 valence electrons. The number of benzene rings is 2. The predicted octanol–water partition coefficient (Wildman–Crippen LogP) is 4.94. The van der Waals surface area contributed by atoms with Gasteiger partial charge in [0.1, 0.15) is 10.6 Å². The van der Waals surface area contributed by atoms with Crippen LogP contribution in [-0.2, 0) is 0 Å². The first kappa shape index (κ1) is 13.6. The molecular weight excluding hydrogens is 280 g/mol. The maximum Gasteiger partial charge on any atom is 0.353 e. The van der Waals surface area contributed by atoms with Gasteiger partial charge in [-0.3, -0.25) is 0 Å². The summed E-state index contributed by atoms with van der Waals surface area (Å²) in [7, 11) is 0. The minimum Gasteiger partial charge on any atom is -0.422 e. The lowest BCUT2D eigenvalue weighted by Crippen LogP contribution is -2.05.